The molecule has 3 rings (SSSR count). The van der Waals surface area contributed by atoms with Crippen molar-refractivity contribution >= 4 is 53.1 Å². The van der Waals surface area contributed by atoms with Crippen molar-refractivity contribution in [2.24, 2.45) is 12.0 Å². The molecule has 0 bridgehead atoms. The normalized spacial score (nSPS) is 11.2. The van der Waals surface area contributed by atoms with Crippen molar-refractivity contribution in [1.29, 1.82) is 0 Å². The van der Waals surface area contributed by atoms with Crippen molar-refractivity contribution in [1.82, 2.24) is 30.0 Å². The molecule has 0 aliphatic rings. The Morgan fingerprint density at radius 2 is 1.89 bits per heavy atom. The van der Waals surface area contributed by atoms with Gasteiger partial charge in [0.25, 0.3) is 0 Å². The van der Waals surface area contributed by atoms with Gasteiger partial charge in [-0.15, -0.1) is 24.0 Å². The van der Waals surface area contributed by atoms with Crippen molar-refractivity contribution < 1.29 is 0 Å². The molecule has 0 saturated heterocycles. The Labute approximate surface area is 191 Å². The molecule has 150 valence electrons. The average Bonchev–Trinajstić information content (AvgIpc) is 3.26. The molecule has 2 heterocycles. The summed E-state index contributed by atoms with van der Waals surface area (Å²) in [6.45, 7) is 1.91. The maximum Gasteiger partial charge on any atom is 0.191 e. The van der Waals surface area contributed by atoms with E-state index in [-0.39, 0.29) is 24.0 Å². The van der Waals surface area contributed by atoms with E-state index in [9.17, 15) is 0 Å². The van der Waals surface area contributed by atoms with Crippen molar-refractivity contribution in [2.45, 2.75) is 19.6 Å². The molecule has 0 spiro atoms. The molecular weight excluding hydrogens is 512 g/mol. The molecule has 3 aromatic rings. The van der Waals surface area contributed by atoms with E-state index in [1.54, 1.807) is 18.1 Å². The highest BCUT2D eigenvalue weighted by molar-refractivity contribution is 14.0. The molecule has 10 heteroatoms. The Kier molecular flexibility index (Phi) is 8.58. The number of hydrogen-bond donors (Lipinski definition) is 2. The first-order chi connectivity index (χ1) is 13.1. The van der Waals surface area contributed by atoms with Gasteiger partial charge in [0.2, 0.25) is 0 Å². The minimum atomic E-state index is 0. The lowest BCUT2D eigenvalue weighted by molar-refractivity contribution is 0.683. The van der Waals surface area contributed by atoms with Crippen LogP contribution in [0.3, 0.4) is 0 Å². The van der Waals surface area contributed by atoms with Crippen LogP contribution < -0.4 is 10.6 Å². The Morgan fingerprint density at radius 1 is 1.14 bits per heavy atom. The summed E-state index contributed by atoms with van der Waals surface area (Å²) in [7, 11) is 3.61. The van der Waals surface area contributed by atoms with Crippen LogP contribution in [-0.2, 0) is 26.7 Å². The zero-order valence-corrected chi connectivity index (χ0v) is 19.4. The largest absolute Gasteiger partial charge is 0.352 e. The van der Waals surface area contributed by atoms with Crippen LogP contribution in [0.4, 0.5) is 0 Å². The van der Waals surface area contributed by atoms with Crippen LogP contribution in [0.1, 0.15) is 16.8 Å². The third-order valence-corrected chi connectivity index (χ3v) is 4.98. The van der Waals surface area contributed by atoms with Gasteiger partial charge in [0, 0.05) is 26.3 Å². The molecule has 28 heavy (non-hydrogen) atoms. The lowest BCUT2D eigenvalue weighted by Gasteiger charge is -2.13. The number of aliphatic imine (C=N–C) groups is 1. The fourth-order valence-electron chi connectivity index (χ4n) is 2.68. The molecular formula is C18H22Cl2IN7. The predicted octanol–water partition coefficient (Wildman–Crippen LogP) is 3.45. The number of aromatic nitrogens is 4. The van der Waals surface area contributed by atoms with Crippen LogP contribution in [0, 0.1) is 0 Å². The highest BCUT2D eigenvalue weighted by atomic mass is 127. The first kappa shape index (κ1) is 22.5. The fraction of sp³-hybridized carbons (Fsp3) is 0.278. The third kappa shape index (κ3) is 5.86. The highest BCUT2D eigenvalue weighted by Gasteiger charge is 2.09. The second-order valence-corrected chi connectivity index (χ2v) is 6.79. The van der Waals surface area contributed by atoms with Crippen molar-refractivity contribution in [3.05, 3.63) is 70.0 Å². The number of rotatable bonds is 6. The van der Waals surface area contributed by atoms with Gasteiger partial charge in [0.15, 0.2) is 5.96 Å². The van der Waals surface area contributed by atoms with Gasteiger partial charge in [0.1, 0.15) is 17.8 Å². The van der Waals surface area contributed by atoms with Gasteiger partial charge in [-0.3, -0.25) is 4.99 Å². The monoisotopic (exact) mass is 533 g/mol. The molecule has 7 nitrogen and oxygen atoms in total. The highest BCUT2D eigenvalue weighted by Crippen LogP contribution is 2.24. The third-order valence-electron chi connectivity index (χ3n) is 4.14. The van der Waals surface area contributed by atoms with E-state index < -0.39 is 0 Å². The van der Waals surface area contributed by atoms with Crippen molar-refractivity contribution in [3.8, 4) is 0 Å². The second kappa shape index (κ2) is 10.7. The molecule has 0 fully saturated rings. The number of nitrogens with zero attached hydrogens (tertiary/aromatic N) is 5. The molecule has 0 amide bonds. The SMILES string of the molecule is CN=C(NCc1cccc(Cn2cncn2)c1)NCc1cc(Cl)c(Cl)n1C.I. The molecule has 0 radical (unpaired) electrons. The number of guanidine groups is 1. The summed E-state index contributed by atoms with van der Waals surface area (Å²) in [5.74, 6) is 0.699. The topological polar surface area (TPSA) is 72.1 Å². The Hall–Kier alpha value is -1.78. The van der Waals surface area contributed by atoms with Crippen LogP contribution in [-0.4, -0.2) is 32.3 Å². The van der Waals surface area contributed by atoms with E-state index in [1.807, 2.05) is 23.7 Å². The van der Waals surface area contributed by atoms with Gasteiger partial charge in [-0.05, 0) is 17.2 Å². The molecule has 2 N–H and O–H groups in total. The maximum atomic E-state index is 6.10. The van der Waals surface area contributed by atoms with Crippen LogP contribution >= 0.6 is 47.2 Å². The predicted molar refractivity (Wildman–Crippen MR) is 123 cm³/mol. The van der Waals surface area contributed by atoms with Gasteiger partial charge >= 0.3 is 0 Å². The number of benzene rings is 1. The minimum Gasteiger partial charge on any atom is -0.352 e. The van der Waals surface area contributed by atoms with Crippen LogP contribution in [0.15, 0.2) is 48.0 Å². The summed E-state index contributed by atoms with van der Waals surface area (Å²) in [6, 6.07) is 10.2. The van der Waals surface area contributed by atoms with E-state index in [1.165, 1.54) is 6.33 Å². The van der Waals surface area contributed by atoms with E-state index in [0.717, 1.165) is 16.8 Å². The first-order valence-electron chi connectivity index (χ1n) is 8.41. The molecule has 0 unspecified atom stereocenters. The Morgan fingerprint density at radius 3 is 2.54 bits per heavy atom. The second-order valence-electron chi connectivity index (χ2n) is 6.03. The minimum absolute atomic E-state index is 0. The molecule has 0 aliphatic heterocycles. The summed E-state index contributed by atoms with van der Waals surface area (Å²) in [5.41, 5.74) is 3.29. The smallest absolute Gasteiger partial charge is 0.191 e. The number of halogens is 3. The van der Waals surface area contributed by atoms with E-state index in [4.69, 9.17) is 23.2 Å². The quantitative estimate of drug-likeness (QED) is 0.289. The first-order valence-corrected chi connectivity index (χ1v) is 9.16. The average molecular weight is 534 g/mol. The summed E-state index contributed by atoms with van der Waals surface area (Å²) in [5, 5.41) is 11.8. The molecule has 2 aromatic heterocycles. The molecule has 1 aromatic carbocycles. The summed E-state index contributed by atoms with van der Waals surface area (Å²) >= 11 is 12.2. The summed E-state index contributed by atoms with van der Waals surface area (Å²) in [4.78, 5) is 8.22. The van der Waals surface area contributed by atoms with Crippen molar-refractivity contribution in [2.75, 3.05) is 7.05 Å². The maximum absolute atomic E-state index is 6.10. The van der Waals surface area contributed by atoms with Gasteiger partial charge in [-0.2, -0.15) is 5.10 Å². The van der Waals surface area contributed by atoms with Crippen LogP contribution in [0.2, 0.25) is 10.2 Å². The van der Waals surface area contributed by atoms with E-state index in [2.05, 4.69) is 43.9 Å². The molecule has 0 saturated carbocycles. The fourth-order valence-corrected chi connectivity index (χ4v) is 3.09. The lowest BCUT2D eigenvalue weighted by atomic mass is 10.1. The summed E-state index contributed by atoms with van der Waals surface area (Å²) in [6.07, 6.45) is 3.24. The van der Waals surface area contributed by atoms with E-state index in [0.29, 0.717) is 35.8 Å². The molecule has 0 atom stereocenters. The summed E-state index contributed by atoms with van der Waals surface area (Å²) < 4.78 is 3.64. The van der Waals surface area contributed by atoms with Crippen LogP contribution in [0.25, 0.3) is 0 Å². The lowest BCUT2D eigenvalue weighted by Crippen LogP contribution is -2.36. The van der Waals surface area contributed by atoms with Gasteiger partial charge in [0.05, 0.1) is 18.1 Å². The Balaban J connectivity index is 0.00000280. The molecule has 0 aliphatic carbocycles. The zero-order chi connectivity index (χ0) is 19.2. The van der Waals surface area contributed by atoms with Crippen LogP contribution in [0.5, 0.6) is 0 Å². The standard InChI is InChI=1S/C18H21Cl2N7.HI/c1-21-18(24-9-15-7-16(19)17(20)26(15)2)23-8-13-4-3-5-14(6-13)10-27-12-22-11-25-27;/h3-7,11-12H,8-10H2,1-2H3,(H2,21,23,24);1H. The van der Waals surface area contributed by atoms with Gasteiger partial charge in [-0.25, -0.2) is 9.67 Å². The van der Waals surface area contributed by atoms with E-state index >= 15 is 0 Å². The number of nitrogens with one attached hydrogen (secondary N) is 2. The zero-order valence-electron chi connectivity index (χ0n) is 15.6. The Bertz CT molecular complexity index is 922. The van der Waals surface area contributed by atoms with Gasteiger partial charge < -0.3 is 15.2 Å². The van der Waals surface area contributed by atoms with Crippen molar-refractivity contribution in [3.63, 3.8) is 0 Å². The number of hydrogen-bond acceptors (Lipinski definition) is 3. The van der Waals surface area contributed by atoms with Gasteiger partial charge in [-0.1, -0.05) is 47.5 Å².